The smallest absolute Gasteiger partial charge is 0.255 e. The number of hydrogen-bond acceptors (Lipinski definition) is 5. The zero-order valence-electron chi connectivity index (χ0n) is 26.3. The van der Waals surface area contributed by atoms with Gasteiger partial charge in [0.05, 0.1) is 12.1 Å². The number of likely N-dealkylation sites (N-methyl/N-ethyl adjacent to an activating group) is 1. The number of amides is 4. The van der Waals surface area contributed by atoms with Crippen LogP contribution in [0.1, 0.15) is 66.9 Å². The van der Waals surface area contributed by atoms with Crippen LogP contribution in [0.5, 0.6) is 5.75 Å². The molecule has 238 valence electrons. The number of benzene rings is 3. The molecule has 0 aliphatic carbocycles. The molecule has 0 saturated carbocycles. The first kappa shape index (κ1) is 33.2. The molecule has 0 aromatic heterocycles. The number of nitrogens with one attached hydrogen (secondary N) is 3. The van der Waals surface area contributed by atoms with Crippen LogP contribution in [0.3, 0.4) is 0 Å². The first-order valence-corrected chi connectivity index (χ1v) is 15.7. The fourth-order valence-corrected chi connectivity index (χ4v) is 5.55. The number of rotatable bonds is 8. The molecule has 4 amide bonds. The van der Waals surface area contributed by atoms with Gasteiger partial charge >= 0.3 is 0 Å². The maximum Gasteiger partial charge on any atom is 0.255 e. The molecule has 1 aliphatic rings. The van der Waals surface area contributed by atoms with Crippen molar-refractivity contribution >= 4 is 23.6 Å². The Hall–Kier alpha value is -4.66. The standard InChI is InChI=1S/C36H44N4O5/c1-25(2)24-31-36(44)40(3)22-23-45-32-17-11-10-16-29(32)34(42)39-30(18-19-33(41)38-31)35(43)37-21-20-28(26-12-6-4-7-13-26)27-14-8-5-9-15-27/h4-17,25,28,30-31H,18-24H2,1-3H3,(H,37,43)(H,38,41)(H,39,42)/t30-,31+/m0/s1. The molecule has 4 rings (SSSR count). The van der Waals surface area contributed by atoms with E-state index >= 15 is 0 Å². The lowest BCUT2D eigenvalue weighted by molar-refractivity contribution is -0.136. The molecule has 3 aromatic rings. The predicted molar refractivity (Wildman–Crippen MR) is 174 cm³/mol. The molecule has 0 radical (unpaired) electrons. The zero-order chi connectivity index (χ0) is 32.2. The lowest BCUT2D eigenvalue weighted by Crippen LogP contribution is -2.50. The van der Waals surface area contributed by atoms with E-state index in [0.29, 0.717) is 25.1 Å². The molecular formula is C36H44N4O5. The number of hydrogen-bond donors (Lipinski definition) is 3. The highest BCUT2D eigenvalue weighted by Crippen LogP contribution is 2.27. The van der Waals surface area contributed by atoms with Crippen LogP contribution in [0.2, 0.25) is 0 Å². The Balaban J connectivity index is 1.52. The van der Waals surface area contributed by atoms with Crippen molar-refractivity contribution in [3.63, 3.8) is 0 Å². The number of nitrogens with zero attached hydrogens (tertiary/aromatic N) is 1. The van der Waals surface area contributed by atoms with Crippen LogP contribution in [0.4, 0.5) is 0 Å². The Bertz CT molecular complexity index is 1390. The predicted octanol–water partition coefficient (Wildman–Crippen LogP) is 4.29. The third-order valence-corrected chi connectivity index (χ3v) is 7.95. The second kappa shape index (κ2) is 16.4. The van der Waals surface area contributed by atoms with Crippen LogP contribution in [0, 0.1) is 5.92 Å². The molecule has 9 nitrogen and oxygen atoms in total. The number of para-hydroxylation sites is 1. The minimum atomic E-state index is -0.977. The van der Waals surface area contributed by atoms with Crippen molar-refractivity contribution in [2.24, 2.45) is 5.92 Å². The number of carbonyl (C=O) groups is 4. The van der Waals surface area contributed by atoms with E-state index in [1.165, 1.54) is 4.90 Å². The minimum absolute atomic E-state index is 0.0429. The molecule has 0 spiro atoms. The monoisotopic (exact) mass is 612 g/mol. The van der Waals surface area contributed by atoms with Gasteiger partial charge in [0.1, 0.15) is 24.4 Å². The summed E-state index contributed by atoms with van der Waals surface area (Å²) in [6, 6.07) is 25.4. The summed E-state index contributed by atoms with van der Waals surface area (Å²) in [6.45, 7) is 4.78. The third kappa shape index (κ3) is 9.66. The van der Waals surface area contributed by atoms with Gasteiger partial charge in [-0.15, -0.1) is 0 Å². The molecule has 0 fully saturated rings. The van der Waals surface area contributed by atoms with Gasteiger partial charge in [0.25, 0.3) is 5.91 Å². The second-order valence-corrected chi connectivity index (χ2v) is 11.9. The van der Waals surface area contributed by atoms with Gasteiger partial charge in [0, 0.05) is 25.9 Å². The summed E-state index contributed by atoms with van der Waals surface area (Å²) >= 11 is 0. The van der Waals surface area contributed by atoms with Crippen LogP contribution in [0.25, 0.3) is 0 Å². The summed E-state index contributed by atoms with van der Waals surface area (Å²) in [7, 11) is 1.67. The highest BCUT2D eigenvalue weighted by molar-refractivity contribution is 5.99. The van der Waals surface area contributed by atoms with Gasteiger partial charge in [-0.2, -0.15) is 0 Å². The van der Waals surface area contributed by atoms with E-state index in [-0.39, 0.29) is 61.1 Å². The van der Waals surface area contributed by atoms with Crippen molar-refractivity contribution in [2.45, 2.75) is 57.5 Å². The average Bonchev–Trinajstić information content (AvgIpc) is 3.04. The number of carbonyl (C=O) groups excluding carboxylic acids is 4. The van der Waals surface area contributed by atoms with Crippen molar-refractivity contribution in [2.75, 3.05) is 26.7 Å². The fourth-order valence-electron chi connectivity index (χ4n) is 5.55. The van der Waals surface area contributed by atoms with Crippen molar-refractivity contribution in [1.29, 1.82) is 0 Å². The van der Waals surface area contributed by atoms with Gasteiger partial charge in [-0.3, -0.25) is 19.2 Å². The van der Waals surface area contributed by atoms with Gasteiger partial charge < -0.3 is 25.6 Å². The highest BCUT2D eigenvalue weighted by Gasteiger charge is 2.28. The van der Waals surface area contributed by atoms with Gasteiger partial charge in [-0.05, 0) is 48.4 Å². The molecule has 0 bridgehead atoms. The van der Waals surface area contributed by atoms with E-state index in [9.17, 15) is 19.2 Å². The molecule has 1 aliphatic heterocycles. The maximum absolute atomic E-state index is 13.6. The van der Waals surface area contributed by atoms with Gasteiger partial charge in [-0.25, -0.2) is 0 Å². The quantitative estimate of drug-likeness (QED) is 0.351. The van der Waals surface area contributed by atoms with Crippen molar-refractivity contribution < 1.29 is 23.9 Å². The topological polar surface area (TPSA) is 117 Å². The average molecular weight is 613 g/mol. The van der Waals surface area contributed by atoms with Gasteiger partial charge in [0.15, 0.2) is 0 Å². The lowest BCUT2D eigenvalue weighted by atomic mass is 9.88. The zero-order valence-corrected chi connectivity index (χ0v) is 26.3. The molecule has 0 unspecified atom stereocenters. The van der Waals surface area contributed by atoms with Crippen LogP contribution >= 0.6 is 0 Å². The summed E-state index contributed by atoms with van der Waals surface area (Å²) in [5.41, 5.74) is 2.56. The van der Waals surface area contributed by atoms with E-state index in [1.54, 1.807) is 31.3 Å². The third-order valence-electron chi connectivity index (χ3n) is 7.95. The molecule has 0 saturated heterocycles. The largest absolute Gasteiger partial charge is 0.491 e. The first-order valence-electron chi connectivity index (χ1n) is 15.7. The molecule has 2 atom stereocenters. The molecule has 9 heteroatoms. The van der Waals surface area contributed by atoms with E-state index in [0.717, 1.165) is 11.1 Å². The summed E-state index contributed by atoms with van der Waals surface area (Å²) in [5, 5.41) is 8.70. The Morgan fingerprint density at radius 2 is 1.53 bits per heavy atom. The molecule has 45 heavy (non-hydrogen) atoms. The minimum Gasteiger partial charge on any atom is -0.491 e. The van der Waals surface area contributed by atoms with Crippen molar-refractivity contribution in [3.05, 3.63) is 102 Å². The van der Waals surface area contributed by atoms with Crippen molar-refractivity contribution in [3.8, 4) is 5.75 Å². The number of ether oxygens (including phenoxy) is 1. The lowest BCUT2D eigenvalue weighted by Gasteiger charge is -2.26. The summed E-state index contributed by atoms with van der Waals surface area (Å²) in [4.78, 5) is 54.9. The molecule has 1 heterocycles. The van der Waals surface area contributed by atoms with Crippen molar-refractivity contribution in [1.82, 2.24) is 20.9 Å². The molecular weight excluding hydrogens is 568 g/mol. The fraction of sp³-hybridized carbons (Fsp3) is 0.389. The summed E-state index contributed by atoms with van der Waals surface area (Å²) in [6.07, 6.45) is 1.14. The molecule has 3 N–H and O–H groups in total. The van der Waals surface area contributed by atoms with Gasteiger partial charge in [-0.1, -0.05) is 86.6 Å². The van der Waals surface area contributed by atoms with Crippen LogP contribution in [-0.2, 0) is 14.4 Å². The second-order valence-electron chi connectivity index (χ2n) is 11.9. The molecule has 3 aromatic carbocycles. The van der Waals surface area contributed by atoms with E-state index in [4.69, 9.17) is 4.74 Å². The summed E-state index contributed by atoms with van der Waals surface area (Å²) in [5.74, 6) is -0.827. The Labute approximate surface area is 265 Å². The number of fused-ring (bicyclic) bond motifs is 1. The maximum atomic E-state index is 13.6. The van der Waals surface area contributed by atoms with E-state index in [2.05, 4.69) is 40.2 Å². The normalized spacial score (nSPS) is 18.2. The first-order chi connectivity index (χ1) is 21.7. The van der Waals surface area contributed by atoms with Crippen LogP contribution in [0.15, 0.2) is 84.9 Å². The van der Waals surface area contributed by atoms with Crippen LogP contribution in [-0.4, -0.2) is 67.4 Å². The Kier molecular flexibility index (Phi) is 12.1. The summed E-state index contributed by atoms with van der Waals surface area (Å²) < 4.78 is 5.92. The van der Waals surface area contributed by atoms with Crippen LogP contribution < -0.4 is 20.7 Å². The van der Waals surface area contributed by atoms with E-state index in [1.807, 2.05) is 50.2 Å². The SMILES string of the molecule is CC(C)C[C@H]1NC(=O)CC[C@@H](C(=O)NCCC(c2ccccc2)c2ccccc2)NC(=O)c2ccccc2OCCN(C)C1=O. The Morgan fingerprint density at radius 1 is 0.911 bits per heavy atom. The van der Waals surface area contributed by atoms with E-state index < -0.39 is 18.0 Å². The highest BCUT2D eigenvalue weighted by atomic mass is 16.5. The van der Waals surface area contributed by atoms with Gasteiger partial charge in [0.2, 0.25) is 17.7 Å². The Morgan fingerprint density at radius 3 is 2.18 bits per heavy atom.